The second-order valence-corrected chi connectivity index (χ2v) is 6.58. The number of ether oxygens (including phenoxy) is 1. The normalized spacial score (nSPS) is 11.2. The SMILES string of the molecule is CC(C)(C)N(Cc1cc(Oc2cc(F)ccc2F)ccc1N)C(=O)O. The van der Waals surface area contributed by atoms with E-state index in [0.717, 1.165) is 18.2 Å². The third-order valence-corrected chi connectivity index (χ3v) is 3.60. The van der Waals surface area contributed by atoms with Crippen molar-refractivity contribution in [2.24, 2.45) is 0 Å². The molecule has 3 N–H and O–H groups in total. The lowest BCUT2D eigenvalue weighted by Gasteiger charge is -2.33. The smallest absolute Gasteiger partial charge is 0.408 e. The number of amides is 1. The van der Waals surface area contributed by atoms with E-state index in [1.54, 1.807) is 20.8 Å². The molecule has 0 spiro atoms. The number of halogens is 2. The van der Waals surface area contributed by atoms with Gasteiger partial charge in [0.2, 0.25) is 0 Å². The topological polar surface area (TPSA) is 75.8 Å². The molecule has 0 fully saturated rings. The van der Waals surface area contributed by atoms with Crippen molar-refractivity contribution in [1.29, 1.82) is 0 Å². The summed E-state index contributed by atoms with van der Waals surface area (Å²) in [7, 11) is 0. The van der Waals surface area contributed by atoms with Crippen LogP contribution in [0.3, 0.4) is 0 Å². The van der Waals surface area contributed by atoms with Gasteiger partial charge in [-0.1, -0.05) is 0 Å². The number of nitrogen functional groups attached to an aromatic ring is 1. The summed E-state index contributed by atoms with van der Waals surface area (Å²) in [4.78, 5) is 12.7. The molecule has 0 heterocycles. The minimum Gasteiger partial charge on any atom is -0.465 e. The zero-order valence-corrected chi connectivity index (χ0v) is 14.2. The molecule has 1 amide bonds. The average molecular weight is 350 g/mol. The molecule has 0 aliphatic carbocycles. The Morgan fingerprint density at radius 3 is 2.48 bits per heavy atom. The van der Waals surface area contributed by atoms with Crippen LogP contribution < -0.4 is 10.5 Å². The molecule has 0 saturated heterocycles. The number of benzene rings is 2. The fourth-order valence-electron chi connectivity index (χ4n) is 2.23. The minimum atomic E-state index is -1.09. The Bertz CT molecular complexity index is 788. The zero-order valence-electron chi connectivity index (χ0n) is 14.2. The van der Waals surface area contributed by atoms with Gasteiger partial charge in [-0.3, -0.25) is 4.90 Å². The minimum absolute atomic E-state index is 0.0352. The van der Waals surface area contributed by atoms with Crippen molar-refractivity contribution >= 4 is 11.8 Å². The highest BCUT2D eigenvalue weighted by molar-refractivity contribution is 5.66. The number of hydrogen-bond donors (Lipinski definition) is 2. The van der Waals surface area contributed by atoms with E-state index < -0.39 is 23.3 Å². The Labute approximate surface area is 144 Å². The number of nitrogens with two attached hydrogens (primary N) is 1. The van der Waals surface area contributed by atoms with E-state index in [1.165, 1.54) is 23.1 Å². The number of carbonyl (C=O) groups is 1. The standard InChI is InChI=1S/C18H20F2N2O3/c1-18(2,3)22(17(23)24)10-11-8-13(5-7-15(11)21)25-16-9-12(19)4-6-14(16)20/h4-9H,10,21H2,1-3H3,(H,23,24). The fourth-order valence-corrected chi connectivity index (χ4v) is 2.23. The molecule has 134 valence electrons. The van der Waals surface area contributed by atoms with Gasteiger partial charge in [0.25, 0.3) is 0 Å². The predicted octanol–water partition coefficient (Wildman–Crippen LogP) is 4.62. The van der Waals surface area contributed by atoms with Gasteiger partial charge in [-0.05, 0) is 56.7 Å². The van der Waals surface area contributed by atoms with Crippen LogP contribution in [0.25, 0.3) is 0 Å². The number of anilines is 1. The largest absolute Gasteiger partial charge is 0.465 e. The molecule has 0 atom stereocenters. The van der Waals surface area contributed by atoms with Crippen molar-refractivity contribution in [3.63, 3.8) is 0 Å². The molecule has 0 aliphatic rings. The first-order chi connectivity index (χ1) is 11.6. The van der Waals surface area contributed by atoms with E-state index in [1.807, 2.05) is 0 Å². The van der Waals surface area contributed by atoms with Gasteiger partial charge in [-0.2, -0.15) is 0 Å². The van der Waals surface area contributed by atoms with Gasteiger partial charge < -0.3 is 15.6 Å². The maximum Gasteiger partial charge on any atom is 0.408 e. The molecular formula is C18H20F2N2O3. The lowest BCUT2D eigenvalue weighted by atomic mass is 10.0. The second-order valence-electron chi connectivity index (χ2n) is 6.58. The second kappa shape index (κ2) is 6.96. The molecule has 0 unspecified atom stereocenters. The quantitative estimate of drug-likeness (QED) is 0.789. The average Bonchev–Trinajstić information content (AvgIpc) is 2.49. The van der Waals surface area contributed by atoms with E-state index in [-0.39, 0.29) is 18.0 Å². The summed E-state index contributed by atoms with van der Waals surface area (Å²) in [5.74, 6) is -1.37. The molecular weight excluding hydrogens is 330 g/mol. The first-order valence-electron chi connectivity index (χ1n) is 7.60. The summed E-state index contributed by atoms with van der Waals surface area (Å²) >= 11 is 0. The third kappa shape index (κ3) is 4.59. The van der Waals surface area contributed by atoms with E-state index >= 15 is 0 Å². The van der Waals surface area contributed by atoms with Gasteiger partial charge in [-0.15, -0.1) is 0 Å². The lowest BCUT2D eigenvalue weighted by molar-refractivity contribution is 0.0956. The molecule has 0 saturated carbocycles. The van der Waals surface area contributed by atoms with E-state index in [0.29, 0.717) is 11.3 Å². The summed E-state index contributed by atoms with van der Waals surface area (Å²) in [6.45, 7) is 5.33. The Morgan fingerprint density at radius 2 is 1.88 bits per heavy atom. The number of hydrogen-bond acceptors (Lipinski definition) is 3. The first kappa shape index (κ1) is 18.5. The van der Waals surface area contributed by atoms with Crippen molar-refractivity contribution < 1.29 is 23.4 Å². The predicted molar refractivity (Wildman–Crippen MR) is 90.6 cm³/mol. The van der Waals surface area contributed by atoms with Crippen LogP contribution in [0.1, 0.15) is 26.3 Å². The van der Waals surface area contributed by atoms with Gasteiger partial charge in [0, 0.05) is 17.3 Å². The van der Waals surface area contributed by atoms with Gasteiger partial charge in [0.15, 0.2) is 11.6 Å². The molecule has 2 aromatic carbocycles. The highest BCUT2D eigenvalue weighted by Gasteiger charge is 2.26. The number of carboxylic acid groups (broad SMARTS) is 1. The number of rotatable bonds is 4. The van der Waals surface area contributed by atoms with Gasteiger partial charge in [-0.25, -0.2) is 13.6 Å². The Kier molecular flexibility index (Phi) is 5.15. The molecule has 5 nitrogen and oxygen atoms in total. The van der Waals surface area contributed by atoms with Crippen molar-refractivity contribution in [1.82, 2.24) is 4.90 Å². The maximum atomic E-state index is 13.7. The van der Waals surface area contributed by atoms with Crippen LogP contribution in [0.4, 0.5) is 19.3 Å². The molecule has 7 heteroatoms. The van der Waals surface area contributed by atoms with E-state index in [2.05, 4.69) is 0 Å². The van der Waals surface area contributed by atoms with Gasteiger partial charge >= 0.3 is 6.09 Å². The van der Waals surface area contributed by atoms with Crippen molar-refractivity contribution in [3.05, 3.63) is 53.6 Å². The maximum absolute atomic E-state index is 13.7. The molecule has 0 aromatic heterocycles. The van der Waals surface area contributed by atoms with Crippen LogP contribution in [-0.4, -0.2) is 21.6 Å². The van der Waals surface area contributed by atoms with Crippen molar-refractivity contribution in [3.8, 4) is 11.5 Å². The summed E-state index contributed by atoms with van der Waals surface area (Å²) in [6.07, 6.45) is -1.09. The van der Waals surface area contributed by atoms with Crippen LogP contribution >= 0.6 is 0 Å². The van der Waals surface area contributed by atoms with E-state index in [4.69, 9.17) is 10.5 Å². The molecule has 2 rings (SSSR count). The first-order valence-corrected chi connectivity index (χ1v) is 7.60. The third-order valence-electron chi connectivity index (χ3n) is 3.60. The summed E-state index contributed by atoms with van der Waals surface area (Å²) in [6, 6.07) is 7.45. The molecule has 0 bridgehead atoms. The monoisotopic (exact) mass is 350 g/mol. The van der Waals surface area contributed by atoms with Crippen LogP contribution in [0.2, 0.25) is 0 Å². The Hall–Kier alpha value is -2.83. The molecule has 25 heavy (non-hydrogen) atoms. The van der Waals surface area contributed by atoms with Crippen molar-refractivity contribution in [2.75, 3.05) is 5.73 Å². The van der Waals surface area contributed by atoms with Crippen LogP contribution in [-0.2, 0) is 6.54 Å². The van der Waals surface area contributed by atoms with Gasteiger partial charge in [0.05, 0.1) is 6.54 Å². The van der Waals surface area contributed by atoms with E-state index in [9.17, 15) is 18.7 Å². The fraction of sp³-hybridized carbons (Fsp3) is 0.278. The Morgan fingerprint density at radius 1 is 1.20 bits per heavy atom. The lowest BCUT2D eigenvalue weighted by Crippen LogP contribution is -2.44. The highest BCUT2D eigenvalue weighted by atomic mass is 19.1. The molecule has 0 radical (unpaired) electrons. The zero-order chi connectivity index (χ0) is 18.8. The highest BCUT2D eigenvalue weighted by Crippen LogP contribution is 2.29. The summed E-state index contributed by atoms with van der Waals surface area (Å²) < 4.78 is 32.3. The molecule has 2 aromatic rings. The van der Waals surface area contributed by atoms with Crippen molar-refractivity contribution in [2.45, 2.75) is 32.9 Å². The van der Waals surface area contributed by atoms with Crippen LogP contribution in [0.5, 0.6) is 11.5 Å². The Balaban J connectivity index is 2.31. The van der Waals surface area contributed by atoms with Crippen LogP contribution in [0.15, 0.2) is 36.4 Å². The van der Waals surface area contributed by atoms with Gasteiger partial charge in [0.1, 0.15) is 11.6 Å². The number of nitrogens with zero attached hydrogens (tertiary/aromatic N) is 1. The molecule has 0 aliphatic heterocycles. The summed E-state index contributed by atoms with van der Waals surface area (Å²) in [5, 5.41) is 9.40. The summed E-state index contributed by atoms with van der Waals surface area (Å²) in [5.41, 5.74) is 6.17. The van der Waals surface area contributed by atoms with Crippen LogP contribution in [0, 0.1) is 11.6 Å².